The SMILES string of the molecule is CN1CCN(c2ccc(Nc3ncc4c(F)c(C5CC5)n(-c5cccc(N[SH](=O)=O)n5)c4n3)cc2)CC1. The van der Waals surface area contributed by atoms with Gasteiger partial charge in [0, 0.05) is 49.7 Å². The third kappa shape index (κ3) is 4.81. The summed E-state index contributed by atoms with van der Waals surface area (Å²) < 4.78 is 41.8. The number of fused-ring (bicyclic) bond motifs is 1. The van der Waals surface area contributed by atoms with Crippen LogP contribution in [0.2, 0.25) is 0 Å². The molecule has 1 saturated carbocycles. The predicted molar refractivity (Wildman–Crippen MR) is 142 cm³/mol. The van der Waals surface area contributed by atoms with Gasteiger partial charge in [0.25, 0.3) is 0 Å². The number of benzene rings is 1. The third-order valence-electron chi connectivity index (χ3n) is 6.81. The summed E-state index contributed by atoms with van der Waals surface area (Å²) in [5, 5.41) is 3.52. The quantitative estimate of drug-likeness (QED) is 0.318. The number of piperazine rings is 1. The first-order valence-electron chi connectivity index (χ1n) is 12.2. The van der Waals surface area contributed by atoms with Crippen molar-refractivity contribution in [2.45, 2.75) is 18.8 Å². The van der Waals surface area contributed by atoms with Crippen LogP contribution in [0.1, 0.15) is 24.5 Å². The lowest BCUT2D eigenvalue weighted by Crippen LogP contribution is -2.44. The highest BCUT2D eigenvalue weighted by Gasteiger charge is 2.34. The van der Waals surface area contributed by atoms with Crippen LogP contribution in [0.25, 0.3) is 16.9 Å². The Morgan fingerprint density at radius 1 is 1.00 bits per heavy atom. The van der Waals surface area contributed by atoms with Gasteiger partial charge < -0.3 is 15.1 Å². The second-order valence-corrected chi connectivity index (χ2v) is 10.2. The average Bonchev–Trinajstić information content (AvgIpc) is 3.68. The van der Waals surface area contributed by atoms with E-state index in [0.717, 1.165) is 44.7 Å². The maximum Gasteiger partial charge on any atom is 0.229 e. The predicted octanol–water partition coefficient (Wildman–Crippen LogP) is 3.27. The molecule has 3 aromatic heterocycles. The molecule has 0 spiro atoms. The van der Waals surface area contributed by atoms with E-state index in [-0.39, 0.29) is 17.6 Å². The summed E-state index contributed by atoms with van der Waals surface area (Å²) in [6.45, 7) is 4.06. The van der Waals surface area contributed by atoms with Gasteiger partial charge in [-0.2, -0.15) is 4.98 Å². The molecule has 6 rings (SSSR count). The third-order valence-corrected chi connectivity index (χ3v) is 7.22. The van der Waals surface area contributed by atoms with Crippen LogP contribution < -0.4 is 14.9 Å². The van der Waals surface area contributed by atoms with E-state index in [9.17, 15) is 8.42 Å². The summed E-state index contributed by atoms with van der Waals surface area (Å²) in [6, 6.07) is 13.0. The summed E-state index contributed by atoms with van der Waals surface area (Å²) in [6.07, 6.45) is 3.23. The van der Waals surface area contributed by atoms with E-state index in [4.69, 9.17) is 0 Å². The van der Waals surface area contributed by atoms with E-state index in [1.807, 2.05) is 12.1 Å². The Kier molecular flexibility index (Phi) is 6.13. The summed E-state index contributed by atoms with van der Waals surface area (Å²) in [5.41, 5.74) is 2.86. The molecule has 0 radical (unpaired) electrons. The monoisotopic (exact) mass is 522 g/mol. The lowest BCUT2D eigenvalue weighted by Gasteiger charge is -2.34. The molecule has 12 heteroatoms. The highest BCUT2D eigenvalue weighted by atomic mass is 32.2. The minimum atomic E-state index is -2.87. The van der Waals surface area contributed by atoms with E-state index < -0.39 is 10.9 Å². The Morgan fingerprint density at radius 3 is 2.46 bits per heavy atom. The fourth-order valence-electron chi connectivity index (χ4n) is 4.71. The first-order chi connectivity index (χ1) is 18.0. The van der Waals surface area contributed by atoms with Crippen molar-refractivity contribution < 1.29 is 12.8 Å². The van der Waals surface area contributed by atoms with Crippen molar-refractivity contribution in [2.24, 2.45) is 0 Å². The molecule has 4 aromatic rings. The smallest absolute Gasteiger partial charge is 0.229 e. The molecular weight excluding hydrogens is 495 g/mol. The fourth-order valence-corrected chi connectivity index (χ4v) is 5.02. The van der Waals surface area contributed by atoms with Crippen molar-refractivity contribution in [1.82, 2.24) is 24.4 Å². The summed E-state index contributed by atoms with van der Waals surface area (Å²) >= 11 is 0. The van der Waals surface area contributed by atoms with Crippen LogP contribution in [-0.4, -0.2) is 66.1 Å². The van der Waals surface area contributed by atoms with Gasteiger partial charge in [0.05, 0.1) is 11.1 Å². The number of thiol groups is 1. The van der Waals surface area contributed by atoms with Gasteiger partial charge in [0.15, 0.2) is 11.5 Å². The lowest BCUT2D eigenvalue weighted by molar-refractivity contribution is 0.313. The highest BCUT2D eigenvalue weighted by Crippen LogP contribution is 2.45. The maximum atomic E-state index is 15.5. The Labute approximate surface area is 215 Å². The Morgan fingerprint density at radius 2 is 1.76 bits per heavy atom. The van der Waals surface area contributed by atoms with E-state index in [2.05, 4.69) is 54.0 Å². The number of nitrogens with zero attached hydrogens (tertiary/aromatic N) is 6. The molecule has 1 aromatic carbocycles. The minimum Gasteiger partial charge on any atom is -0.369 e. The first kappa shape index (κ1) is 23.6. The minimum absolute atomic E-state index is 0.0577. The van der Waals surface area contributed by atoms with Crippen LogP contribution in [0, 0.1) is 5.82 Å². The number of anilines is 4. The maximum absolute atomic E-state index is 15.5. The molecule has 1 aliphatic heterocycles. The van der Waals surface area contributed by atoms with E-state index in [1.54, 1.807) is 22.8 Å². The lowest BCUT2D eigenvalue weighted by atomic mass is 10.2. The molecule has 2 fully saturated rings. The van der Waals surface area contributed by atoms with Crippen molar-refractivity contribution >= 4 is 45.1 Å². The molecule has 4 heterocycles. The molecule has 2 aliphatic rings. The van der Waals surface area contributed by atoms with Gasteiger partial charge >= 0.3 is 0 Å². The van der Waals surface area contributed by atoms with Gasteiger partial charge in [0.2, 0.25) is 16.8 Å². The molecule has 2 N–H and O–H groups in total. The molecule has 37 heavy (non-hydrogen) atoms. The van der Waals surface area contributed by atoms with Crippen molar-refractivity contribution in [3.8, 4) is 5.82 Å². The number of pyridine rings is 1. The average molecular weight is 523 g/mol. The Balaban J connectivity index is 1.33. The summed E-state index contributed by atoms with van der Waals surface area (Å²) in [5.74, 6) is 0.570. The highest BCUT2D eigenvalue weighted by molar-refractivity contribution is 7.73. The number of likely N-dealkylation sites (N-methyl/N-ethyl adjacent to an activating group) is 1. The largest absolute Gasteiger partial charge is 0.369 e. The molecule has 0 unspecified atom stereocenters. The summed E-state index contributed by atoms with van der Waals surface area (Å²) in [4.78, 5) is 18.1. The van der Waals surface area contributed by atoms with Crippen molar-refractivity contribution in [2.75, 3.05) is 48.2 Å². The number of halogens is 1. The van der Waals surface area contributed by atoms with Crippen LogP contribution in [0.5, 0.6) is 0 Å². The molecule has 10 nitrogen and oxygen atoms in total. The van der Waals surface area contributed by atoms with Crippen molar-refractivity contribution in [1.29, 1.82) is 0 Å². The number of hydrogen-bond acceptors (Lipinski definition) is 8. The summed E-state index contributed by atoms with van der Waals surface area (Å²) in [7, 11) is -0.739. The van der Waals surface area contributed by atoms with E-state index in [0.29, 0.717) is 28.5 Å². The zero-order chi connectivity index (χ0) is 25.5. The second kappa shape index (κ2) is 9.60. The topological polar surface area (TPSA) is 108 Å². The van der Waals surface area contributed by atoms with E-state index in [1.165, 1.54) is 11.9 Å². The van der Waals surface area contributed by atoms with Crippen LogP contribution in [0.15, 0.2) is 48.7 Å². The Bertz CT molecular complexity index is 1520. The Hall–Kier alpha value is -3.77. The van der Waals surface area contributed by atoms with Crippen molar-refractivity contribution in [3.63, 3.8) is 0 Å². The zero-order valence-electron chi connectivity index (χ0n) is 20.3. The van der Waals surface area contributed by atoms with Gasteiger partial charge in [-0.3, -0.25) is 9.29 Å². The van der Waals surface area contributed by atoms with Crippen LogP contribution in [0.3, 0.4) is 0 Å². The number of hydrogen-bond donors (Lipinski definition) is 3. The van der Waals surface area contributed by atoms with Crippen molar-refractivity contribution in [3.05, 3.63) is 60.2 Å². The van der Waals surface area contributed by atoms with Gasteiger partial charge in [-0.05, 0) is 56.3 Å². The number of rotatable bonds is 7. The molecule has 1 saturated heterocycles. The van der Waals surface area contributed by atoms with Crippen LogP contribution in [0.4, 0.5) is 27.5 Å². The number of nitrogens with one attached hydrogen (secondary N) is 2. The van der Waals surface area contributed by atoms with Gasteiger partial charge in [-0.15, -0.1) is 0 Å². The standard InChI is InChI=1S/C25H27FN8O2S/c1-32-11-13-33(14-12-32)18-9-7-17(8-10-18)28-25-27-15-19-22(26)23(16-5-6-16)34(24(19)30-25)21-4-2-3-20(29-21)31-37(35)36/h2-4,7-10,15-16,37H,5-6,11-14H2,1H3,(H,27,28,30)(H,29,31,35,36). The molecule has 0 amide bonds. The van der Waals surface area contributed by atoms with Crippen LogP contribution >= 0.6 is 0 Å². The van der Waals surface area contributed by atoms with Gasteiger partial charge in [-0.25, -0.2) is 22.8 Å². The molecule has 0 bridgehead atoms. The van der Waals surface area contributed by atoms with E-state index >= 15 is 4.39 Å². The zero-order valence-corrected chi connectivity index (χ0v) is 21.2. The molecule has 1 aliphatic carbocycles. The molecule has 192 valence electrons. The normalized spacial score (nSPS) is 16.5. The fraction of sp³-hybridized carbons (Fsp3) is 0.320. The molecular formula is C25H27FN8O2S. The van der Waals surface area contributed by atoms with Crippen LogP contribution in [-0.2, 0) is 10.9 Å². The van der Waals surface area contributed by atoms with Gasteiger partial charge in [-0.1, -0.05) is 6.07 Å². The molecule has 0 atom stereocenters. The van der Waals surface area contributed by atoms with Gasteiger partial charge in [0.1, 0.15) is 11.6 Å². The second-order valence-electron chi connectivity index (χ2n) is 9.45. The first-order valence-corrected chi connectivity index (χ1v) is 13.4. The number of aromatic nitrogens is 4.